The van der Waals surface area contributed by atoms with Crippen molar-refractivity contribution >= 4 is 17.5 Å². The molecular weight excluding hydrogens is 398 g/mol. The lowest BCUT2D eigenvalue weighted by molar-refractivity contribution is -0.122. The summed E-state index contributed by atoms with van der Waals surface area (Å²) < 4.78 is 0. The van der Waals surface area contributed by atoms with E-state index in [-0.39, 0.29) is 17.7 Å². The summed E-state index contributed by atoms with van der Waals surface area (Å²) in [6.07, 6.45) is 8.20. The van der Waals surface area contributed by atoms with E-state index in [2.05, 4.69) is 29.2 Å². The first-order valence-corrected chi connectivity index (χ1v) is 11.7. The second-order valence-corrected chi connectivity index (χ2v) is 8.87. The number of carbonyl (C=O) groups is 2. The third-order valence-corrected chi connectivity index (χ3v) is 5.93. The Morgan fingerprint density at radius 3 is 2.00 bits per heavy atom. The zero-order valence-corrected chi connectivity index (χ0v) is 19.9. The smallest absolute Gasteiger partial charge is 0.229 e. The van der Waals surface area contributed by atoms with Gasteiger partial charge in [0.2, 0.25) is 11.8 Å². The van der Waals surface area contributed by atoms with Crippen molar-refractivity contribution in [1.29, 1.82) is 0 Å². The molecule has 1 fully saturated rings. The van der Waals surface area contributed by atoms with Crippen molar-refractivity contribution in [2.75, 3.05) is 32.6 Å². The molecule has 1 aliphatic rings. The molecule has 5 heteroatoms. The summed E-state index contributed by atoms with van der Waals surface area (Å²) >= 11 is 0. The average Bonchev–Trinajstić information content (AvgIpc) is 3.34. The van der Waals surface area contributed by atoms with Crippen LogP contribution in [0.15, 0.2) is 54.6 Å². The molecule has 2 N–H and O–H groups in total. The van der Waals surface area contributed by atoms with Crippen molar-refractivity contribution in [2.45, 2.75) is 51.4 Å². The first-order chi connectivity index (χ1) is 15.4. The van der Waals surface area contributed by atoms with Gasteiger partial charge >= 0.3 is 0 Å². The molecule has 2 aromatic rings. The summed E-state index contributed by atoms with van der Waals surface area (Å²) in [5, 5.41) is 0. The number of anilines is 1. The maximum absolute atomic E-state index is 12.4. The molecule has 3 rings (SSSR count). The monoisotopic (exact) mass is 437 g/mol. The molecule has 0 unspecified atom stereocenters. The minimum absolute atomic E-state index is 0.185. The van der Waals surface area contributed by atoms with E-state index in [9.17, 15) is 9.59 Å². The number of carbonyl (C=O) groups excluding carboxylic acids is 2. The van der Waals surface area contributed by atoms with Crippen molar-refractivity contribution < 1.29 is 9.59 Å². The van der Waals surface area contributed by atoms with E-state index in [1.807, 2.05) is 56.4 Å². The molecule has 0 aromatic heterocycles. The highest BCUT2D eigenvalue weighted by molar-refractivity contribution is 5.94. The first kappa shape index (κ1) is 25.6. The molecule has 1 saturated carbocycles. The van der Waals surface area contributed by atoms with Crippen LogP contribution in [0.1, 0.15) is 51.4 Å². The largest absolute Gasteiger partial charge is 0.370 e. The van der Waals surface area contributed by atoms with E-state index >= 15 is 0 Å². The Hall–Kier alpha value is -2.66. The second kappa shape index (κ2) is 13.7. The van der Waals surface area contributed by atoms with Crippen LogP contribution >= 0.6 is 0 Å². The maximum atomic E-state index is 12.4. The normalized spacial score (nSPS) is 13.5. The van der Waals surface area contributed by atoms with Crippen LogP contribution in [-0.2, 0) is 9.59 Å². The van der Waals surface area contributed by atoms with Crippen molar-refractivity contribution in [1.82, 2.24) is 4.90 Å². The molecule has 1 aliphatic carbocycles. The van der Waals surface area contributed by atoms with Gasteiger partial charge in [0.1, 0.15) is 0 Å². The van der Waals surface area contributed by atoms with E-state index in [1.54, 1.807) is 0 Å². The van der Waals surface area contributed by atoms with Crippen LogP contribution in [0, 0.1) is 5.92 Å². The summed E-state index contributed by atoms with van der Waals surface area (Å²) in [5.41, 5.74) is 8.35. The molecule has 5 nitrogen and oxygen atoms in total. The van der Waals surface area contributed by atoms with E-state index < -0.39 is 0 Å². The fourth-order valence-electron chi connectivity index (χ4n) is 3.99. The highest BCUT2D eigenvalue weighted by Crippen LogP contribution is 2.29. The van der Waals surface area contributed by atoms with Gasteiger partial charge in [-0.3, -0.25) is 9.59 Å². The summed E-state index contributed by atoms with van der Waals surface area (Å²) in [6, 6.07) is 18.5. The Labute approximate surface area is 193 Å². The molecule has 32 heavy (non-hydrogen) atoms. The topological polar surface area (TPSA) is 66.6 Å². The third-order valence-electron chi connectivity index (χ3n) is 5.93. The second-order valence-electron chi connectivity index (χ2n) is 8.87. The Bertz CT molecular complexity index is 813. The summed E-state index contributed by atoms with van der Waals surface area (Å²) in [4.78, 5) is 26.7. The minimum Gasteiger partial charge on any atom is -0.370 e. The standard InChI is InChI=1S/C19H21NO.C8H18N2O/c1-20(19(21)17-9-5-6-10-17)18-13-11-16(12-14-18)15-7-3-2-4-8-15;1-10(2)7-5-3-4-6-8(9)11/h2-4,7-8,11-14,17H,5-6,9-10H2,1H3;3-7H2,1-2H3,(H2,9,11). The quantitative estimate of drug-likeness (QED) is 0.555. The fraction of sp³-hybridized carbons (Fsp3) is 0.481. The number of rotatable bonds is 9. The highest BCUT2D eigenvalue weighted by atomic mass is 16.2. The lowest BCUT2D eigenvalue weighted by Crippen LogP contribution is -2.31. The Balaban J connectivity index is 0.000000282. The third kappa shape index (κ3) is 8.83. The molecule has 0 bridgehead atoms. The summed E-state index contributed by atoms with van der Waals surface area (Å²) in [7, 11) is 5.99. The highest BCUT2D eigenvalue weighted by Gasteiger charge is 2.25. The van der Waals surface area contributed by atoms with Crippen LogP contribution in [0.5, 0.6) is 0 Å². The lowest BCUT2D eigenvalue weighted by Gasteiger charge is -2.21. The number of nitrogens with two attached hydrogens (primary N) is 1. The number of benzene rings is 2. The first-order valence-electron chi connectivity index (χ1n) is 11.7. The van der Waals surface area contributed by atoms with Gasteiger partial charge in [0, 0.05) is 25.1 Å². The van der Waals surface area contributed by atoms with E-state index in [4.69, 9.17) is 5.73 Å². The van der Waals surface area contributed by atoms with E-state index in [1.165, 1.54) is 24.0 Å². The zero-order valence-electron chi connectivity index (χ0n) is 19.9. The zero-order chi connectivity index (χ0) is 23.3. The van der Waals surface area contributed by atoms with Crippen molar-refractivity contribution in [3.05, 3.63) is 54.6 Å². The van der Waals surface area contributed by atoms with Gasteiger partial charge in [-0.05, 0) is 69.6 Å². The lowest BCUT2D eigenvalue weighted by atomic mass is 10.0. The van der Waals surface area contributed by atoms with Crippen LogP contribution in [0.25, 0.3) is 11.1 Å². The predicted octanol–water partition coefficient (Wildman–Crippen LogP) is 5.10. The maximum Gasteiger partial charge on any atom is 0.229 e. The average molecular weight is 438 g/mol. The van der Waals surface area contributed by atoms with Gasteiger partial charge in [-0.15, -0.1) is 0 Å². The van der Waals surface area contributed by atoms with Crippen LogP contribution in [0.3, 0.4) is 0 Å². The molecule has 0 spiro atoms. The molecule has 0 heterocycles. The number of primary amides is 1. The number of amides is 2. The van der Waals surface area contributed by atoms with Gasteiger partial charge in [-0.2, -0.15) is 0 Å². The SMILES string of the molecule is CN(C(=O)C1CCCC1)c1ccc(-c2ccccc2)cc1.CN(C)CCCCCC(N)=O. The van der Waals surface area contributed by atoms with Gasteiger partial charge in [0.05, 0.1) is 0 Å². The van der Waals surface area contributed by atoms with Gasteiger partial charge in [0.15, 0.2) is 0 Å². The predicted molar refractivity (Wildman–Crippen MR) is 133 cm³/mol. The molecule has 174 valence electrons. The molecule has 2 aromatic carbocycles. The Morgan fingerprint density at radius 2 is 1.44 bits per heavy atom. The van der Waals surface area contributed by atoms with Crippen molar-refractivity contribution in [2.24, 2.45) is 11.7 Å². The summed E-state index contributed by atoms with van der Waals surface area (Å²) in [6.45, 7) is 1.10. The van der Waals surface area contributed by atoms with Crippen LogP contribution in [-0.4, -0.2) is 44.4 Å². The summed E-state index contributed by atoms with van der Waals surface area (Å²) in [5.74, 6) is 0.304. The number of hydrogen-bond donors (Lipinski definition) is 1. The Kier molecular flexibility index (Phi) is 10.9. The van der Waals surface area contributed by atoms with Gasteiger partial charge < -0.3 is 15.5 Å². The molecule has 0 aliphatic heterocycles. The van der Waals surface area contributed by atoms with Crippen LogP contribution < -0.4 is 10.6 Å². The molecule has 0 atom stereocenters. The molecule has 0 radical (unpaired) electrons. The van der Waals surface area contributed by atoms with Crippen LogP contribution in [0.4, 0.5) is 5.69 Å². The molecule has 0 saturated heterocycles. The van der Waals surface area contributed by atoms with Crippen LogP contribution in [0.2, 0.25) is 0 Å². The Morgan fingerprint density at radius 1 is 0.844 bits per heavy atom. The number of unbranched alkanes of at least 4 members (excludes halogenated alkanes) is 2. The van der Waals surface area contributed by atoms with Crippen molar-refractivity contribution in [3.8, 4) is 11.1 Å². The van der Waals surface area contributed by atoms with Gasteiger partial charge in [-0.1, -0.05) is 61.7 Å². The number of hydrogen-bond acceptors (Lipinski definition) is 3. The molecule has 2 amide bonds. The fourth-order valence-corrected chi connectivity index (χ4v) is 3.99. The van der Waals surface area contributed by atoms with Crippen molar-refractivity contribution in [3.63, 3.8) is 0 Å². The minimum atomic E-state index is -0.185. The molecular formula is C27H39N3O2. The van der Waals surface area contributed by atoms with Gasteiger partial charge in [-0.25, -0.2) is 0 Å². The number of nitrogens with zero attached hydrogens (tertiary/aromatic N) is 2. The van der Waals surface area contributed by atoms with Gasteiger partial charge in [0.25, 0.3) is 0 Å². The van der Waals surface area contributed by atoms with E-state index in [0.29, 0.717) is 6.42 Å². The van der Waals surface area contributed by atoms with E-state index in [0.717, 1.165) is 44.3 Å².